The molecule has 160 valence electrons. The predicted octanol–water partition coefficient (Wildman–Crippen LogP) is 1.56. The first-order valence-electron chi connectivity index (χ1n) is 10.3. The van der Waals surface area contributed by atoms with E-state index < -0.39 is 17.9 Å². The number of hydrogen-bond acceptors (Lipinski definition) is 4. The fourth-order valence-electron chi connectivity index (χ4n) is 3.71. The number of unbranched alkanes of at least 4 members (excludes halogenated alkanes) is 1. The van der Waals surface area contributed by atoms with Crippen molar-refractivity contribution in [2.24, 2.45) is 7.05 Å². The average molecular weight is 412 g/mol. The molecular formula is C22H29N5O3. The molecule has 1 saturated heterocycles. The Balaban J connectivity index is 1.79. The van der Waals surface area contributed by atoms with Gasteiger partial charge < -0.3 is 15.1 Å². The number of aryl methyl sites for hydroxylation is 2. The fraction of sp³-hybridized carbons (Fsp3) is 0.455. The monoisotopic (exact) mass is 411 g/mol. The number of rotatable bonds is 8. The van der Waals surface area contributed by atoms with Crippen LogP contribution in [0.15, 0.2) is 36.5 Å². The highest BCUT2D eigenvalue weighted by Crippen LogP contribution is 2.24. The van der Waals surface area contributed by atoms with Crippen LogP contribution in [-0.4, -0.2) is 56.9 Å². The van der Waals surface area contributed by atoms with Gasteiger partial charge in [-0.05, 0) is 18.9 Å². The van der Waals surface area contributed by atoms with Crippen LogP contribution in [0.2, 0.25) is 0 Å². The standard InChI is InChI=1S/C22H29N5O3/c1-4-5-11-26-12-13-27(22(30)21(26)29)19(17-9-7-6-8-10-17)20(28)23-14-18-15-25(3)24-16(18)2/h6-10,15,19H,4-5,11-14H2,1-3H3,(H,23,28). The van der Waals surface area contributed by atoms with Crippen molar-refractivity contribution in [1.29, 1.82) is 0 Å². The maximum atomic E-state index is 13.2. The molecule has 30 heavy (non-hydrogen) atoms. The van der Waals surface area contributed by atoms with Crippen LogP contribution in [0.5, 0.6) is 0 Å². The van der Waals surface area contributed by atoms with Crippen LogP contribution in [0.4, 0.5) is 0 Å². The third kappa shape index (κ3) is 4.69. The topological polar surface area (TPSA) is 87.5 Å². The predicted molar refractivity (Wildman–Crippen MR) is 112 cm³/mol. The molecule has 3 amide bonds. The number of nitrogens with one attached hydrogen (secondary N) is 1. The highest BCUT2D eigenvalue weighted by Gasteiger charge is 2.39. The summed E-state index contributed by atoms with van der Waals surface area (Å²) >= 11 is 0. The van der Waals surface area contributed by atoms with E-state index in [-0.39, 0.29) is 5.91 Å². The van der Waals surface area contributed by atoms with Gasteiger partial charge in [-0.3, -0.25) is 19.1 Å². The smallest absolute Gasteiger partial charge is 0.313 e. The van der Waals surface area contributed by atoms with Gasteiger partial charge in [-0.15, -0.1) is 0 Å². The Hall–Kier alpha value is -3.16. The lowest BCUT2D eigenvalue weighted by Crippen LogP contribution is -2.57. The second kappa shape index (κ2) is 9.56. The van der Waals surface area contributed by atoms with Crippen LogP contribution in [0.3, 0.4) is 0 Å². The third-order valence-corrected chi connectivity index (χ3v) is 5.37. The molecule has 1 N–H and O–H groups in total. The minimum Gasteiger partial charge on any atom is -0.350 e. The van der Waals surface area contributed by atoms with Crippen molar-refractivity contribution >= 4 is 17.7 Å². The van der Waals surface area contributed by atoms with Gasteiger partial charge in [-0.2, -0.15) is 5.10 Å². The summed E-state index contributed by atoms with van der Waals surface area (Å²) in [5.41, 5.74) is 2.43. The zero-order chi connectivity index (χ0) is 21.7. The summed E-state index contributed by atoms with van der Waals surface area (Å²) < 4.78 is 1.70. The van der Waals surface area contributed by atoms with Gasteiger partial charge in [0, 0.05) is 45.0 Å². The summed E-state index contributed by atoms with van der Waals surface area (Å²) in [7, 11) is 1.83. The summed E-state index contributed by atoms with van der Waals surface area (Å²) in [6.45, 7) is 5.56. The van der Waals surface area contributed by atoms with E-state index in [2.05, 4.69) is 10.4 Å². The van der Waals surface area contributed by atoms with E-state index in [4.69, 9.17) is 0 Å². The van der Waals surface area contributed by atoms with Crippen molar-refractivity contribution in [3.63, 3.8) is 0 Å². The highest BCUT2D eigenvalue weighted by atomic mass is 16.2. The molecule has 1 aliphatic heterocycles. The largest absolute Gasteiger partial charge is 0.350 e. The zero-order valence-corrected chi connectivity index (χ0v) is 17.8. The minimum atomic E-state index is -0.854. The molecule has 1 atom stereocenters. The molecule has 0 bridgehead atoms. The third-order valence-electron chi connectivity index (χ3n) is 5.37. The Labute approximate surface area is 176 Å². The van der Waals surface area contributed by atoms with Crippen molar-refractivity contribution in [2.75, 3.05) is 19.6 Å². The summed E-state index contributed by atoms with van der Waals surface area (Å²) in [6.07, 6.45) is 3.66. The molecular weight excluding hydrogens is 382 g/mol. The summed E-state index contributed by atoms with van der Waals surface area (Å²) in [4.78, 5) is 41.7. The molecule has 1 aliphatic rings. The number of aromatic nitrogens is 2. The van der Waals surface area contributed by atoms with Gasteiger partial charge in [-0.25, -0.2) is 0 Å². The van der Waals surface area contributed by atoms with Gasteiger partial charge in [-0.1, -0.05) is 43.7 Å². The SMILES string of the molecule is CCCCN1CCN(C(C(=O)NCc2cn(C)nc2C)c2ccccc2)C(=O)C1=O. The Bertz CT molecular complexity index is 909. The van der Waals surface area contributed by atoms with Gasteiger partial charge in [0.25, 0.3) is 0 Å². The molecule has 0 aliphatic carbocycles. The lowest BCUT2D eigenvalue weighted by molar-refractivity contribution is -0.159. The molecule has 0 saturated carbocycles. The summed E-state index contributed by atoms with van der Waals surface area (Å²) in [5.74, 6) is -1.47. The molecule has 0 spiro atoms. The van der Waals surface area contributed by atoms with Crippen molar-refractivity contribution in [3.8, 4) is 0 Å². The molecule has 3 rings (SSSR count). The molecule has 2 heterocycles. The van der Waals surface area contributed by atoms with Crippen molar-refractivity contribution in [1.82, 2.24) is 24.9 Å². The van der Waals surface area contributed by atoms with Crippen molar-refractivity contribution in [2.45, 2.75) is 39.3 Å². The number of carbonyl (C=O) groups excluding carboxylic acids is 3. The quantitative estimate of drug-likeness (QED) is 0.668. The van der Waals surface area contributed by atoms with Gasteiger partial charge in [0.15, 0.2) is 0 Å². The number of nitrogens with zero attached hydrogens (tertiary/aromatic N) is 4. The first kappa shape index (κ1) is 21.5. The second-order valence-corrected chi connectivity index (χ2v) is 7.59. The lowest BCUT2D eigenvalue weighted by atomic mass is 10.0. The van der Waals surface area contributed by atoms with Gasteiger partial charge in [0.2, 0.25) is 5.91 Å². The van der Waals surface area contributed by atoms with E-state index >= 15 is 0 Å². The van der Waals surface area contributed by atoms with Crippen LogP contribution >= 0.6 is 0 Å². The first-order chi connectivity index (χ1) is 14.4. The van der Waals surface area contributed by atoms with Gasteiger partial charge in [0.05, 0.1) is 5.69 Å². The van der Waals surface area contributed by atoms with Gasteiger partial charge in [0.1, 0.15) is 6.04 Å². The number of hydrogen-bond donors (Lipinski definition) is 1. The number of carbonyl (C=O) groups is 3. The second-order valence-electron chi connectivity index (χ2n) is 7.59. The van der Waals surface area contributed by atoms with E-state index in [1.54, 1.807) is 21.7 Å². The first-order valence-corrected chi connectivity index (χ1v) is 10.3. The maximum Gasteiger partial charge on any atom is 0.313 e. The maximum absolute atomic E-state index is 13.2. The van der Waals surface area contributed by atoms with E-state index in [0.29, 0.717) is 31.7 Å². The van der Waals surface area contributed by atoms with Crippen LogP contribution in [0.1, 0.15) is 42.6 Å². The molecule has 0 radical (unpaired) electrons. The van der Waals surface area contributed by atoms with E-state index in [1.165, 1.54) is 4.90 Å². The van der Waals surface area contributed by atoms with Crippen LogP contribution in [0.25, 0.3) is 0 Å². The lowest BCUT2D eigenvalue weighted by Gasteiger charge is -2.38. The minimum absolute atomic E-state index is 0.306. The van der Waals surface area contributed by atoms with E-state index in [1.807, 2.05) is 45.3 Å². The zero-order valence-electron chi connectivity index (χ0n) is 17.8. The Morgan fingerprint density at radius 1 is 1.17 bits per heavy atom. The number of benzene rings is 1. The van der Waals surface area contributed by atoms with Crippen molar-refractivity contribution < 1.29 is 14.4 Å². The average Bonchev–Trinajstić information content (AvgIpc) is 3.07. The summed E-state index contributed by atoms with van der Waals surface area (Å²) in [5, 5.41) is 7.21. The summed E-state index contributed by atoms with van der Waals surface area (Å²) in [6, 6.07) is 8.26. The molecule has 8 heteroatoms. The molecule has 1 unspecified atom stereocenters. The van der Waals surface area contributed by atoms with Crippen LogP contribution in [-0.2, 0) is 28.0 Å². The molecule has 2 aromatic rings. The fourth-order valence-corrected chi connectivity index (χ4v) is 3.71. The number of piperazine rings is 1. The normalized spacial score (nSPS) is 15.4. The van der Waals surface area contributed by atoms with E-state index in [9.17, 15) is 14.4 Å². The van der Waals surface area contributed by atoms with Crippen LogP contribution in [0, 0.1) is 6.92 Å². The van der Waals surface area contributed by atoms with Gasteiger partial charge >= 0.3 is 11.8 Å². The Morgan fingerprint density at radius 3 is 2.53 bits per heavy atom. The highest BCUT2D eigenvalue weighted by molar-refractivity contribution is 6.35. The Kier molecular flexibility index (Phi) is 6.87. The Morgan fingerprint density at radius 2 is 1.90 bits per heavy atom. The van der Waals surface area contributed by atoms with Crippen molar-refractivity contribution in [3.05, 3.63) is 53.3 Å². The molecule has 1 aromatic heterocycles. The molecule has 1 fully saturated rings. The number of amides is 3. The molecule has 1 aromatic carbocycles. The van der Waals surface area contributed by atoms with Crippen LogP contribution < -0.4 is 5.32 Å². The van der Waals surface area contributed by atoms with E-state index in [0.717, 1.165) is 24.1 Å². The molecule has 8 nitrogen and oxygen atoms in total.